The number of carboxylic acids is 4. The van der Waals surface area contributed by atoms with Crippen molar-refractivity contribution in [1.29, 1.82) is 0 Å². The van der Waals surface area contributed by atoms with Gasteiger partial charge in [-0.2, -0.15) is 0 Å². The number of ether oxygens (including phenoxy) is 2. The minimum absolute atomic E-state index is 0.00907. The first-order valence-corrected chi connectivity index (χ1v) is 47.4. The number of amidine groups is 1. The summed E-state index contributed by atoms with van der Waals surface area (Å²) in [5, 5.41) is 121. The van der Waals surface area contributed by atoms with E-state index in [1.54, 1.807) is 105 Å². The van der Waals surface area contributed by atoms with Gasteiger partial charge in [0.1, 0.15) is 77.1 Å². The van der Waals surface area contributed by atoms with Crippen LogP contribution in [0.15, 0.2) is 145 Å². The van der Waals surface area contributed by atoms with E-state index in [9.17, 15) is 89.1 Å². The minimum Gasteiger partial charge on any atom is -0.508 e. The Hall–Kier alpha value is -13.1. The number of hydrogen-bond acceptors (Lipinski definition) is 29. The number of aliphatic imine (C=N–C) groups is 1. The first-order valence-electron chi connectivity index (χ1n) is 44.4. The summed E-state index contributed by atoms with van der Waals surface area (Å²) in [5.74, 6) is -16.3. The number of aromatic hydroxyl groups is 3. The summed E-state index contributed by atoms with van der Waals surface area (Å²) in [6, 6.07) is 18.9. The summed E-state index contributed by atoms with van der Waals surface area (Å²) < 4.78 is 12.4. The van der Waals surface area contributed by atoms with E-state index >= 15 is 24.0 Å². The van der Waals surface area contributed by atoms with Crippen molar-refractivity contribution in [3.05, 3.63) is 179 Å². The fourth-order valence-electron chi connectivity index (χ4n) is 16.2. The van der Waals surface area contributed by atoms with E-state index in [1.807, 2.05) is 0 Å². The number of carbonyl (C=O) groups excluding carboxylic acids is 10. The molecule has 42 nitrogen and oxygen atoms in total. The van der Waals surface area contributed by atoms with E-state index in [0.717, 1.165) is 35.4 Å². The van der Waals surface area contributed by atoms with Gasteiger partial charge in [0.25, 0.3) is 0 Å². The molecule has 1 aromatic heterocycles. The van der Waals surface area contributed by atoms with Crippen molar-refractivity contribution in [3.8, 4) is 28.7 Å². The smallest absolute Gasteiger partial charge is 0.340 e. The molecule has 734 valence electrons. The molecule has 0 bridgehead atoms. The lowest BCUT2D eigenvalue weighted by molar-refractivity contribution is -0.145. The number of benzene rings is 6. The number of phenolic OH excluding ortho intramolecular Hbond substituents is 3. The summed E-state index contributed by atoms with van der Waals surface area (Å²) in [6.45, 7) is 0.786. The quantitative estimate of drug-likeness (QED) is 0.00658. The Morgan fingerprint density at radius 3 is 1.71 bits per heavy atom. The zero-order chi connectivity index (χ0) is 98.7. The van der Waals surface area contributed by atoms with Crippen molar-refractivity contribution in [2.24, 2.45) is 10.7 Å². The number of phenols is 3. The molecule has 4 aliphatic heterocycles. The second-order valence-electron chi connectivity index (χ2n) is 33.7. The lowest BCUT2D eigenvalue weighted by Gasteiger charge is -2.36. The number of hydrogen-bond donors (Lipinski definition) is 22. The van der Waals surface area contributed by atoms with Crippen LogP contribution in [-0.2, 0) is 91.9 Å². The van der Waals surface area contributed by atoms with Crippen LogP contribution in [-0.4, -0.2) is 328 Å². The predicted molar refractivity (Wildman–Crippen MR) is 506 cm³/mol. The molecule has 4 aliphatic rings. The molecule has 1 spiro atoms. The highest BCUT2D eigenvalue weighted by atomic mass is 33.1. The van der Waals surface area contributed by atoms with Crippen molar-refractivity contribution in [3.63, 3.8) is 0 Å². The maximum atomic E-state index is 15.8. The molecule has 5 heterocycles. The van der Waals surface area contributed by atoms with Gasteiger partial charge in [-0.3, -0.25) is 82.1 Å². The monoisotopic (exact) mass is 1950 g/mol. The number of fused-ring (bicyclic) bond motifs is 7. The molecule has 2 fully saturated rings. The van der Waals surface area contributed by atoms with E-state index in [1.165, 1.54) is 54.6 Å². The number of nitrogens with one attached hydrogen (secondary N) is 11. The Morgan fingerprint density at radius 2 is 1.12 bits per heavy atom. The normalized spacial score (nSPS) is 20.3. The molecule has 45 heteroatoms. The number of anilines is 1. The lowest BCUT2D eigenvalue weighted by atomic mass is 9.77. The zero-order valence-corrected chi connectivity index (χ0v) is 77.5. The number of unbranched alkanes of at least 4 members (excludes halogenated alkanes) is 2. The van der Waals surface area contributed by atoms with E-state index in [4.69, 9.17) is 15.2 Å². The molecule has 137 heavy (non-hydrogen) atoms. The van der Waals surface area contributed by atoms with Gasteiger partial charge in [-0.05, 0) is 130 Å². The third-order valence-corrected chi connectivity index (χ3v) is 26.1. The number of aliphatic carboxylic acids is 4. The summed E-state index contributed by atoms with van der Waals surface area (Å²) in [7, 11) is 1.57. The van der Waals surface area contributed by atoms with Crippen LogP contribution in [0.5, 0.6) is 28.7 Å². The van der Waals surface area contributed by atoms with Gasteiger partial charge in [-0.1, -0.05) is 88.3 Å². The molecular formula is C92H113N17O25S3. The molecule has 0 aliphatic carbocycles. The molecule has 11 atom stereocenters. The van der Waals surface area contributed by atoms with E-state index in [0.29, 0.717) is 56.4 Å². The number of aromatic nitrogens is 1. The molecule has 6 aromatic carbocycles. The van der Waals surface area contributed by atoms with Crippen LogP contribution in [0.3, 0.4) is 0 Å². The van der Waals surface area contributed by atoms with Crippen LogP contribution in [0.4, 0.5) is 5.69 Å². The fraction of sp³-hybridized carbons (Fsp3) is 0.424. The van der Waals surface area contributed by atoms with Crippen molar-refractivity contribution in [2.45, 2.75) is 144 Å². The van der Waals surface area contributed by atoms with Gasteiger partial charge >= 0.3 is 29.8 Å². The Balaban J connectivity index is 0.916. The Kier molecular flexibility index (Phi) is 37.8. The van der Waals surface area contributed by atoms with Gasteiger partial charge in [-0.15, -0.1) is 12.6 Å². The standard InChI is InChI=1S/C92H113N17O25S3/c1-51(110)79-88(129)103-72(87(128)105-80(52(2)111)89(130)131)50-137-136-49-71(86(127)100-69(39-54-18-21-57(112)22-19-54)83(124)101-70(40-55-44-95-65-15-7-6-14-60(55)65)85(126)98-67(82(123)104-79)16-8-10-28-93)102-84(125)68(38-53-12-4-3-5-13-53)99-81(122)66(97-75(115)45-106-30-32-107(46-76(116)117)34-36-109(48-78(120)121)37-35-108(33-31-106)47-77(118)119)17-9-11-29-94-91(135)96-56-20-25-62-61(41-56)90(132)134-92(62)63-26-23-58(113)42-73(63)133-74-43-59(114)24-27-64(74)92/h3-7,12-15,18-27,41-44,51-52,66-72,79-80,95,110-114H,8-11,16-17,28-40,45-50,93H2,1-2H3,(H,97,115)(H,98,126)(H,99,122)(H,100,127)(H,101,124)(H,102,125)(H,103,129)(H,104,123)(H,105,128)(H,116,117)(H,118,119)(H,120,121)(H,130,131)(H2,94,96,135)/t51-,52-,66?,67+,68-,69+,70-,71+,72-,79-,80+/m1/s1. The van der Waals surface area contributed by atoms with Gasteiger partial charge in [-0.25, -0.2) is 9.59 Å². The first-order chi connectivity index (χ1) is 65.5. The molecule has 2 saturated heterocycles. The Morgan fingerprint density at radius 1 is 0.562 bits per heavy atom. The number of carbonyl (C=O) groups is 14. The number of H-pyrrole nitrogens is 1. The predicted octanol–water partition coefficient (Wildman–Crippen LogP) is 0.658. The van der Waals surface area contributed by atoms with Crippen LogP contribution < -0.4 is 63.6 Å². The van der Waals surface area contributed by atoms with Crippen molar-refractivity contribution in [1.82, 2.24) is 72.4 Å². The number of thiol groups is 1. The molecule has 0 radical (unpaired) electrons. The third-order valence-electron chi connectivity index (χ3n) is 23.4. The fourth-order valence-corrected chi connectivity index (χ4v) is 18.8. The second kappa shape index (κ2) is 49.6. The largest absolute Gasteiger partial charge is 0.508 e. The van der Waals surface area contributed by atoms with Gasteiger partial charge in [0, 0.05) is 141 Å². The van der Waals surface area contributed by atoms with Crippen LogP contribution in [0.25, 0.3) is 10.9 Å². The number of esters is 1. The number of nitrogens with two attached hydrogens (primary N) is 1. The number of carboxylic acid groups (broad SMARTS) is 4. The minimum atomic E-state index is -1.96. The van der Waals surface area contributed by atoms with Gasteiger partial charge in [0.15, 0.2) is 16.8 Å². The van der Waals surface area contributed by atoms with Crippen LogP contribution in [0, 0.1) is 0 Å². The van der Waals surface area contributed by atoms with Gasteiger partial charge < -0.3 is 119 Å². The number of amides is 9. The highest BCUT2D eigenvalue weighted by molar-refractivity contribution is 8.76. The van der Waals surface area contributed by atoms with Crippen LogP contribution in [0.1, 0.15) is 96.1 Å². The van der Waals surface area contributed by atoms with E-state index < -0.39 is 193 Å². The lowest BCUT2D eigenvalue weighted by Crippen LogP contribution is -2.62. The van der Waals surface area contributed by atoms with Crippen molar-refractivity contribution < 1.29 is 123 Å². The highest BCUT2D eigenvalue weighted by Crippen LogP contribution is 2.57. The maximum Gasteiger partial charge on any atom is 0.340 e. The molecule has 22 N–H and O–H groups in total. The highest BCUT2D eigenvalue weighted by Gasteiger charge is 2.54. The van der Waals surface area contributed by atoms with Gasteiger partial charge in [0.2, 0.25) is 53.2 Å². The van der Waals surface area contributed by atoms with Crippen molar-refractivity contribution in [2.75, 3.05) is 108 Å². The van der Waals surface area contributed by atoms with Crippen LogP contribution in [0.2, 0.25) is 0 Å². The van der Waals surface area contributed by atoms with Crippen molar-refractivity contribution >= 4 is 139 Å². The number of aromatic amines is 1. The molecule has 9 amide bonds. The summed E-state index contributed by atoms with van der Waals surface area (Å²) in [5.41, 5.74) is 7.96. The number of aliphatic hydroxyl groups excluding tert-OH is 2. The summed E-state index contributed by atoms with van der Waals surface area (Å²) in [4.78, 5) is 214. The van der Waals surface area contributed by atoms with E-state index in [2.05, 4.69) is 75.8 Å². The SMILES string of the molecule is C[C@@H](O)[C@H](NC(=O)[C@H]1CSSC[C@H](NC(=O)[C@@H](Cc2ccccc2)NC(=O)C(CCCCN=C(S)Nc2ccc3c(c2)C(=O)OC32c3ccc(O)cc3Oc3cc(O)ccc32)NC(=O)CN2CCN(CC(=O)O)CCN(CC(=O)O)CCN(CC(=O)O)CC2)C(=O)N[C@@H](Cc2ccc(O)cc2)C(=O)N[C@H](Cc2c[nH]c3ccccc23)C(=O)N[C@@H](CCCCN)C(=O)N[C@H]([C@@H](C)O)C(=O)N1)C(=O)O. The molecule has 11 rings (SSSR count). The third kappa shape index (κ3) is 29.5. The second-order valence-corrected chi connectivity index (χ2v) is 36.6. The average Bonchev–Trinajstić information content (AvgIpc) is 1.56. The first kappa shape index (κ1) is 104. The number of aliphatic hydroxyl groups is 2. The maximum absolute atomic E-state index is 15.8. The molecule has 7 aromatic rings. The van der Waals surface area contributed by atoms with Crippen LogP contribution >= 0.6 is 34.2 Å². The molecular weight excluding hydrogens is 1840 g/mol. The Labute approximate surface area is 800 Å². The zero-order valence-electron chi connectivity index (χ0n) is 74.9. The number of para-hydroxylation sites is 1. The average molecular weight is 1950 g/mol. The number of rotatable bonds is 34. The Bertz CT molecular complexity index is 5460. The topological polar surface area (TPSA) is 627 Å². The molecule has 1 unspecified atom stereocenters. The molecule has 0 saturated carbocycles. The van der Waals surface area contributed by atoms with E-state index in [-0.39, 0.29) is 156 Å². The van der Waals surface area contributed by atoms with Gasteiger partial charge in [0.05, 0.1) is 44.0 Å². The summed E-state index contributed by atoms with van der Waals surface area (Å²) in [6.07, 6.45) is -2.28. The summed E-state index contributed by atoms with van der Waals surface area (Å²) >= 11 is 4.63. The number of nitrogens with zero attached hydrogens (tertiary/aromatic N) is 5.